The van der Waals surface area contributed by atoms with Crippen LogP contribution in [-0.2, 0) is 0 Å². The summed E-state index contributed by atoms with van der Waals surface area (Å²) in [6, 6.07) is 6.35. The van der Waals surface area contributed by atoms with Gasteiger partial charge in [-0.25, -0.2) is 0 Å². The smallest absolute Gasteiger partial charge is 0.119 e. The Bertz CT molecular complexity index is 287. The van der Waals surface area contributed by atoms with Gasteiger partial charge in [-0.3, -0.25) is 0 Å². The molecule has 0 bridgehead atoms. The van der Waals surface area contributed by atoms with Gasteiger partial charge in [0, 0.05) is 0 Å². The second-order valence-electron chi connectivity index (χ2n) is 3.50. The van der Waals surface area contributed by atoms with Gasteiger partial charge in [-0.05, 0) is 48.9 Å². The van der Waals surface area contributed by atoms with Crippen molar-refractivity contribution in [1.29, 1.82) is 0 Å². The van der Waals surface area contributed by atoms with Crippen molar-refractivity contribution < 1.29 is 4.74 Å². The van der Waals surface area contributed by atoms with Crippen LogP contribution in [-0.4, -0.2) is 7.11 Å². The molecule has 12 heavy (non-hydrogen) atoms. The summed E-state index contributed by atoms with van der Waals surface area (Å²) in [6.07, 6.45) is 2.71. The van der Waals surface area contributed by atoms with Crippen LogP contribution in [0.5, 0.6) is 5.75 Å². The minimum absolute atomic E-state index is 0.820. The number of ether oxygens (including phenoxy) is 1. The molecule has 1 nitrogen and oxygen atoms in total. The van der Waals surface area contributed by atoms with Crippen LogP contribution in [0, 0.1) is 6.92 Å². The first kappa shape index (κ1) is 7.66. The summed E-state index contributed by atoms with van der Waals surface area (Å²) in [6.45, 7) is 2.17. The van der Waals surface area contributed by atoms with E-state index in [0.29, 0.717) is 0 Å². The van der Waals surface area contributed by atoms with Crippen LogP contribution in [0.2, 0.25) is 0 Å². The molecule has 0 N–H and O–H groups in total. The van der Waals surface area contributed by atoms with Gasteiger partial charge in [-0.1, -0.05) is 6.07 Å². The lowest BCUT2D eigenvalue weighted by Gasteiger charge is -2.06. The Labute approximate surface area is 73.4 Å². The third-order valence-corrected chi connectivity index (χ3v) is 2.50. The van der Waals surface area contributed by atoms with Crippen molar-refractivity contribution in [1.82, 2.24) is 0 Å². The Morgan fingerprint density at radius 3 is 2.67 bits per heavy atom. The molecule has 1 aliphatic rings. The Balaban J connectivity index is 2.36. The molecule has 0 atom stereocenters. The molecule has 2 rings (SSSR count). The fourth-order valence-corrected chi connectivity index (χ4v) is 1.58. The minimum atomic E-state index is 0.820. The summed E-state index contributed by atoms with van der Waals surface area (Å²) in [5.41, 5.74) is 2.88. The summed E-state index contributed by atoms with van der Waals surface area (Å²) < 4.78 is 5.19. The van der Waals surface area contributed by atoms with Gasteiger partial charge in [-0.2, -0.15) is 0 Å². The number of methoxy groups -OCH3 is 1. The SMILES string of the molecule is COc1ccc(C)c(C2CC2)c1. The maximum atomic E-state index is 5.19. The van der Waals surface area contributed by atoms with Crippen LogP contribution in [0.4, 0.5) is 0 Å². The third kappa shape index (κ3) is 1.31. The molecule has 64 valence electrons. The second-order valence-corrected chi connectivity index (χ2v) is 3.50. The molecular formula is C11H14O. The maximum Gasteiger partial charge on any atom is 0.119 e. The van der Waals surface area contributed by atoms with Gasteiger partial charge in [0.1, 0.15) is 5.75 Å². The van der Waals surface area contributed by atoms with E-state index >= 15 is 0 Å². The summed E-state index contributed by atoms with van der Waals surface area (Å²) >= 11 is 0. The number of rotatable bonds is 2. The van der Waals surface area contributed by atoms with Crippen LogP contribution >= 0.6 is 0 Å². The highest BCUT2D eigenvalue weighted by atomic mass is 16.5. The van der Waals surface area contributed by atoms with Crippen LogP contribution in [0.25, 0.3) is 0 Å². The van der Waals surface area contributed by atoms with E-state index in [2.05, 4.69) is 19.1 Å². The molecule has 1 aliphatic carbocycles. The molecule has 0 heterocycles. The lowest BCUT2D eigenvalue weighted by Crippen LogP contribution is -1.88. The van der Waals surface area contributed by atoms with Crippen molar-refractivity contribution >= 4 is 0 Å². The Kier molecular flexibility index (Phi) is 1.80. The molecule has 1 fully saturated rings. The Morgan fingerprint density at radius 1 is 1.33 bits per heavy atom. The monoisotopic (exact) mass is 162 g/mol. The first-order valence-corrected chi connectivity index (χ1v) is 4.46. The minimum Gasteiger partial charge on any atom is -0.497 e. The first-order chi connectivity index (χ1) is 5.81. The van der Waals surface area contributed by atoms with E-state index in [0.717, 1.165) is 11.7 Å². The van der Waals surface area contributed by atoms with Crippen LogP contribution in [0.15, 0.2) is 18.2 Å². The summed E-state index contributed by atoms with van der Waals surface area (Å²) in [5, 5.41) is 0. The highest BCUT2D eigenvalue weighted by Crippen LogP contribution is 2.42. The molecular weight excluding hydrogens is 148 g/mol. The van der Waals surface area contributed by atoms with Crippen molar-refractivity contribution in [2.75, 3.05) is 7.11 Å². The van der Waals surface area contributed by atoms with Crippen molar-refractivity contribution in [2.45, 2.75) is 25.7 Å². The zero-order valence-corrected chi connectivity index (χ0v) is 7.63. The van der Waals surface area contributed by atoms with Gasteiger partial charge in [0.05, 0.1) is 7.11 Å². The van der Waals surface area contributed by atoms with Crippen molar-refractivity contribution in [3.63, 3.8) is 0 Å². The third-order valence-electron chi connectivity index (χ3n) is 2.50. The quantitative estimate of drug-likeness (QED) is 0.649. The van der Waals surface area contributed by atoms with E-state index in [1.165, 1.54) is 24.0 Å². The zero-order valence-electron chi connectivity index (χ0n) is 7.63. The highest BCUT2D eigenvalue weighted by molar-refractivity contribution is 5.38. The fourth-order valence-electron chi connectivity index (χ4n) is 1.58. The predicted octanol–water partition coefficient (Wildman–Crippen LogP) is 2.88. The number of hydrogen-bond donors (Lipinski definition) is 0. The molecule has 0 aromatic heterocycles. The molecule has 1 heteroatoms. The molecule has 0 spiro atoms. The number of benzene rings is 1. The van der Waals surface area contributed by atoms with Gasteiger partial charge in [0.15, 0.2) is 0 Å². The van der Waals surface area contributed by atoms with Gasteiger partial charge < -0.3 is 4.74 Å². The van der Waals surface area contributed by atoms with Gasteiger partial charge in [0.2, 0.25) is 0 Å². The molecule has 0 aliphatic heterocycles. The summed E-state index contributed by atoms with van der Waals surface area (Å²) in [5.74, 6) is 1.81. The van der Waals surface area contributed by atoms with E-state index in [-0.39, 0.29) is 0 Å². The highest BCUT2D eigenvalue weighted by Gasteiger charge is 2.25. The maximum absolute atomic E-state index is 5.19. The molecule has 0 radical (unpaired) electrons. The second kappa shape index (κ2) is 2.81. The molecule has 1 aromatic rings. The topological polar surface area (TPSA) is 9.23 Å². The zero-order chi connectivity index (χ0) is 8.55. The van der Waals surface area contributed by atoms with Crippen molar-refractivity contribution in [3.8, 4) is 5.75 Å². The Morgan fingerprint density at radius 2 is 2.08 bits per heavy atom. The van der Waals surface area contributed by atoms with E-state index in [1.54, 1.807) is 7.11 Å². The van der Waals surface area contributed by atoms with E-state index in [9.17, 15) is 0 Å². The van der Waals surface area contributed by atoms with E-state index in [4.69, 9.17) is 4.74 Å². The molecule has 0 saturated heterocycles. The van der Waals surface area contributed by atoms with Gasteiger partial charge in [-0.15, -0.1) is 0 Å². The number of aryl methyl sites for hydroxylation is 1. The lowest BCUT2D eigenvalue weighted by atomic mass is 10.0. The fraction of sp³-hybridized carbons (Fsp3) is 0.455. The summed E-state index contributed by atoms with van der Waals surface area (Å²) in [4.78, 5) is 0. The van der Waals surface area contributed by atoms with E-state index < -0.39 is 0 Å². The summed E-state index contributed by atoms with van der Waals surface area (Å²) in [7, 11) is 1.72. The average Bonchev–Trinajstić information content (AvgIpc) is 2.88. The average molecular weight is 162 g/mol. The molecule has 1 saturated carbocycles. The van der Waals surface area contributed by atoms with Crippen molar-refractivity contribution in [3.05, 3.63) is 29.3 Å². The standard InChI is InChI=1S/C11H14O/c1-8-3-6-10(12-2)7-11(8)9-4-5-9/h3,6-7,9H,4-5H2,1-2H3. The van der Waals surface area contributed by atoms with Gasteiger partial charge in [0.25, 0.3) is 0 Å². The molecule has 0 amide bonds. The normalized spacial score (nSPS) is 16.2. The van der Waals surface area contributed by atoms with Crippen molar-refractivity contribution in [2.24, 2.45) is 0 Å². The van der Waals surface area contributed by atoms with E-state index in [1.807, 2.05) is 6.07 Å². The predicted molar refractivity (Wildman–Crippen MR) is 49.7 cm³/mol. The number of hydrogen-bond acceptors (Lipinski definition) is 1. The first-order valence-electron chi connectivity index (χ1n) is 4.46. The van der Waals surface area contributed by atoms with Crippen LogP contribution in [0.1, 0.15) is 29.9 Å². The van der Waals surface area contributed by atoms with Crippen LogP contribution in [0.3, 0.4) is 0 Å². The molecule has 1 aromatic carbocycles. The Hall–Kier alpha value is -0.980. The van der Waals surface area contributed by atoms with Crippen LogP contribution < -0.4 is 4.74 Å². The lowest BCUT2D eigenvalue weighted by molar-refractivity contribution is 0.414. The van der Waals surface area contributed by atoms with Gasteiger partial charge >= 0.3 is 0 Å². The molecule has 0 unspecified atom stereocenters. The largest absolute Gasteiger partial charge is 0.497 e.